The summed E-state index contributed by atoms with van der Waals surface area (Å²) < 4.78 is 0. The minimum absolute atomic E-state index is 0.0148. The maximum atomic E-state index is 11.2. The van der Waals surface area contributed by atoms with E-state index < -0.39 is 6.04 Å². The molecule has 0 spiro atoms. The van der Waals surface area contributed by atoms with Crippen LogP contribution >= 0.6 is 0 Å². The summed E-state index contributed by atoms with van der Waals surface area (Å²) in [4.78, 5) is 32.5. The van der Waals surface area contributed by atoms with E-state index in [1.807, 2.05) is 6.92 Å². The van der Waals surface area contributed by atoms with Gasteiger partial charge in [-0.05, 0) is 6.42 Å². The summed E-state index contributed by atoms with van der Waals surface area (Å²) in [5.41, 5.74) is 0. The topological polar surface area (TPSA) is 63.6 Å². The van der Waals surface area contributed by atoms with Crippen molar-refractivity contribution in [3.05, 3.63) is 4.91 Å². The molecule has 0 aromatic heterocycles. The molecule has 14 heavy (non-hydrogen) atoms. The minimum atomic E-state index is -0.651. The van der Waals surface area contributed by atoms with Crippen LogP contribution in [0.2, 0.25) is 0 Å². The number of hydrogen-bond acceptors (Lipinski definition) is 4. The standard InChI is InChI=1S/C10H17NO3/c1-3-5-10(13)7-8(11-14)6-9(12)4-2/h8H,3-7H2,1-2H3. The largest absolute Gasteiger partial charge is 0.300 e. The number of ketones is 2. The molecule has 0 aliphatic rings. The van der Waals surface area contributed by atoms with Crippen LogP contribution in [-0.4, -0.2) is 17.6 Å². The predicted molar refractivity (Wildman–Crippen MR) is 54.0 cm³/mol. The highest BCUT2D eigenvalue weighted by Gasteiger charge is 2.16. The summed E-state index contributed by atoms with van der Waals surface area (Å²) in [6, 6.07) is -0.651. The van der Waals surface area contributed by atoms with Crippen molar-refractivity contribution in [1.29, 1.82) is 0 Å². The van der Waals surface area contributed by atoms with Gasteiger partial charge in [-0.15, -0.1) is 0 Å². The van der Waals surface area contributed by atoms with Crippen molar-refractivity contribution in [2.75, 3.05) is 0 Å². The molecule has 0 fully saturated rings. The van der Waals surface area contributed by atoms with Gasteiger partial charge >= 0.3 is 0 Å². The third-order valence-corrected chi connectivity index (χ3v) is 2.00. The van der Waals surface area contributed by atoms with Gasteiger partial charge in [0.1, 0.15) is 17.6 Å². The summed E-state index contributed by atoms with van der Waals surface area (Å²) in [6.45, 7) is 3.64. The first-order valence-corrected chi connectivity index (χ1v) is 4.99. The summed E-state index contributed by atoms with van der Waals surface area (Å²) >= 11 is 0. The molecule has 0 aliphatic carbocycles. The fraction of sp³-hybridized carbons (Fsp3) is 0.800. The van der Waals surface area contributed by atoms with Crippen molar-refractivity contribution >= 4 is 11.6 Å². The molecule has 0 radical (unpaired) electrons. The Balaban J connectivity index is 3.96. The van der Waals surface area contributed by atoms with Crippen LogP contribution in [0.15, 0.2) is 5.18 Å². The van der Waals surface area contributed by atoms with Crippen molar-refractivity contribution in [2.24, 2.45) is 5.18 Å². The number of carbonyl (C=O) groups excluding carboxylic acids is 2. The number of rotatable bonds is 8. The molecule has 0 aliphatic heterocycles. The highest BCUT2D eigenvalue weighted by Crippen LogP contribution is 2.08. The number of nitrogens with zero attached hydrogens (tertiary/aromatic N) is 1. The van der Waals surface area contributed by atoms with Gasteiger partial charge < -0.3 is 0 Å². The molecule has 1 atom stereocenters. The van der Waals surface area contributed by atoms with Crippen LogP contribution in [-0.2, 0) is 9.59 Å². The average molecular weight is 199 g/mol. The van der Waals surface area contributed by atoms with Crippen LogP contribution < -0.4 is 0 Å². The first kappa shape index (κ1) is 12.9. The summed E-state index contributed by atoms with van der Waals surface area (Å²) in [5.74, 6) is -0.0000912. The third-order valence-electron chi connectivity index (χ3n) is 2.00. The van der Waals surface area contributed by atoms with Gasteiger partial charge in [0.25, 0.3) is 0 Å². The molecule has 0 aromatic rings. The first-order valence-electron chi connectivity index (χ1n) is 4.99. The molecule has 4 heteroatoms. The molecule has 0 saturated carbocycles. The van der Waals surface area contributed by atoms with Crippen LogP contribution in [0.1, 0.15) is 46.0 Å². The van der Waals surface area contributed by atoms with Gasteiger partial charge in [0, 0.05) is 25.7 Å². The molecule has 1 unspecified atom stereocenters. The Kier molecular flexibility index (Phi) is 6.80. The van der Waals surface area contributed by atoms with Crippen molar-refractivity contribution in [2.45, 2.75) is 52.0 Å². The van der Waals surface area contributed by atoms with Gasteiger partial charge in [-0.2, -0.15) is 4.91 Å². The van der Waals surface area contributed by atoms with Gasteiger partial charge in [-0.1, -0.05) is 19.0 Å². The van der Waals surface area contributed by atoms with E-state index in [0.29, 0.717) is 12.8 Å². The van der Waals surface area contributed by atoms with Crippen LogP contribution in [0.5, 0.6) is 0 Å². The molecule has 0 rings (SSSR count). The number of hydrogen-bond donors (Lipinski definition) is 0. The molecule has 4 nitrogen and oxygen atoms in total. The van der Waals surface area contributed by atoms with E-state index in [0.717, 1.165) is 6.42 Å². The lowest BCUT2D eigenvalue weighted by Crippen LogP contribution is -2.15. The van der Waals surface area contributed by atoms with Gasteiger partial charge in [-0.25, -0.2) is 0 Å². The van der Waals surface area contributed by atoms with Gasteiger partial charge in [-0.3, -0.25) is 9.59 Å². The van der Waals surface area contributed by atoms with Crippen LogP contribution in [0.3, 0.4) is 0 Å². The van der Waals surface area contributed by atoms with E-state index >= 15 is 0 Å². The zero-order valence-corrected chi connectivity index (χ0v) is 8.78. The molecular formula is C10H17NO3. The molecular weight excluding hydrogens is 182 g/mol. The Morgan fingerprint density at radius 3 is 2.14 bits per heavy atom. The zero-order chi connectivity index (χ0) is 11.0. The highest BCUT2D eigenvalue weighted by molar-refractivity contribution is 5.82. The second-order valence-corrected chi connectivity index (χ2v) is 3.35. The normalized spacial score (nSPS) is 12.1. The van der Waals surface area contributed by atoms with E-state index in [2.05, 4.69) is 5.18 Å². The third kappa shape index (κ3) is 5.56. The maximum absolute atomic E-state index is 11.2. The van der Waals surface area contributed by atoms with E-state index in [1.165, 1.54) is 0 Å². The lowest BCUT2D eigenvalue weighted by Gasteiger charge is -2.05. The minimum Gasteiger partial charge on any atom is -0.300 e. The fourth-order valence-corrected chi connectivity index (χ4v) is 1.20. The van der Waals surface area contributed by atoms with Crippen LogP contribution in [0, 0.1) is 4.91 Å². The monoisotopic (exact) mass is 199 g/mol. The van der Waals surface area contributed by atoms with E-state index in [9.17, 15) is 14.5 Å². The fourth-order valence-electron chi connectivity index (χ4n) is 1.20. The van der Waals surface area contributed by atoms with Crippen molar-refractivity contribution < 1.29 is 9.59 Å². The molecule has 0 saturated heterocycles. The number of Topliss-reactive ketones (excluding diaryl/α,β-unsaturated/α-hetero) is 2. The Labute approximate surface area is 84.0 Å². The van der Waals surface area contributed by atoms with Crippen molar-refractivity contribution in [1.82, 2.24) is 0 Å². The van der Waals surface area contributed by atoms with Crippen LogP contribution in [0.4, 0.5) is 0 Å². The second kappa shape index (κ2) is 7.35. The molecule has 0 amide bonds. The van der Waals surface area contributed by atoms with Gasteiger partial charge in [0.15, 0.2) is 0 Å². The van der Waals surface area contributed by atoms with Gasteiger partial charge in [0.2, 0.25) is 0 Å². The highest BCUT2D eigenvalue weighted by atomic mass is 16.3. The maximum Gasteiger partial charge on any atom is 0.135 e. The number of nitroso groups, excluding NO2 is 1. The Morgan fingerprint density at radius 2 is 1.71 bits per heavy atom. The predicted octanol–water partition coefficient (Wildman–Crippen LogP) is 2.25. The van der Waals surface area contributed by atoms with Crippen LogP contribution in [0.25, 0.3) is 0 Å². The Morgan fingerprint density at radius 1 is 1.14 bits per heavy atom. The smallest absolute Gasteiger partial charge is 0.135 e. The van der Waals surface area contributed by atoms with E-state index in [4.69, 9.17) is 0 Å². The zero-order valence-electron chi connectivity index (χ0n) is 8.78. The van der Waals surface area contributed by atoms with E-state index in [1.54, 1.807) is 6.92 Å². The average Bonchev–Trinajstić information content (AvgIpc) is 2.16. The Hall–Kier alpha value is -1.06. The SMILES string of the molecule is CCCC(=O)CC(CC(=O)CC)N=O. The Bertz CT molecular complexity index is 213. The lowest BCUT2D eigenvalue weighted by molar-refractivity contribution is -0.120. The number of carbonyl (C=O) groups is 2. The van der Waals surface area contributed by atoms with Crippen molar-refractivity contribution in [3.8, 4) is 0 Å². The second-order valence-electron chi connectivity index (χ2n) is 3.35. The van der Waals surface area contributed by atoms with Crippen molar-refractivity contribution in [3.63, 3.8) is 0 Å². The quantitative estimate of drug-likeness (QED) is 0.563. The summed E-state index contributed by atoms with van der Waals surface area (Å²) in [5, 5.41) is 2.81. The molecule has 0 N–H and O–H groups in total. The summed E-state index contributed by atoms with van der Waals surface area (Å²) in [7, 11) is 0. The van der Waals surface area contributed by atoms with E-state index in [-0.39, 0.29) is 24.4 Å². The first-order chi connectivity index (χ1) is 6.63. The molecule has 0 aromatic carbocycles. The molecule has 0 heterocycles. The van der Waals surface area contributed by atoms with Gasteiger partial charge in [0.05, 0.1) is 0 Å². The lowest BCUT2D eigenvalue weighted by atomic mass is 10.0. The molecule has 80 valence electrons. The molecule has 0 bridgehead atoms. The summed E-state index contributed by atoms with van der Waals surface area (Å²) in [6.07, 6.45) is 1.85.